The van der Waals surface area contributed by atoms with Crippen LogP contribution in [0.2, 0.25) is 0 Å². The highest BCUT2D eigenvalue weighted by molar-refractivity contribution is 8.00. The number of rotatable bonds is 4. The molecule has 2 unspecified atom stereocenters. The lowest BCUT2D eigenvalue weighted by atomic mass is 9.97. The molecule has 0 radical (unpaired) electrons. The Hall–Kier alpha value is -0.480. The summed E-state index contributed by atoms with van der Waals surface area (Å²) in [6.45, 7) is 3.42. The fourth-order valence-corrected chi connectivity index (χ4v) is 3.78. The molecule has 1 aromatic rings. The van der Waals surface area contributed by atoms with Gasteiger partial charge in [-0.1, -0.05) is 0 Å². The molecule has 2 heterocycles. The van der Waals surface area contributed by atoms with Gasteiger partial charge in [-0.2, -0.15) is 11.8 Å². The Kier molecular flexibility index (Phi) is 3.41. The van der Waals surface area contributed by atoms with Crippen molar-refractivity contribution in [1.82, 2.24) is 14.9 Å². The molecule has 3 rings (SSSR count). The maximum absolute atomic E-state index is 4.38. The fourth-order valence-electron chi connectivity index (χ4n) is 3.00. The van der Waals surface area contributed by atoms with Crippen LogP contribution in [0.5, 0.6) is 0 Å². The summed E-state index contributed by atoms with van der Waals surface area (Å²) >= 11 is 2.02. The summed E-state index contributed by atoms with van der Waals surface area (Å²) < 4.78 is 2.90. The summed E-state index contributed by atoms with van der Waals surface area (Å²) in [6.07, 6.45) is 12.9. The largest absolute Gasteiger partial charge is 0.332 e. The predicted octanol–water partition coefficient (Wildman–Crippen LogP) is 2.98. The third-order valence-electron chi connectivity index (χ3n) is 4.42. The number of hydrogen-bond donors (Lipinski definition) is 1. The highest BCUT2D eigenvalue weighted by Crippen LogP contribution is 2.48. The first-order valence-corrected chi connectivity index (χ1v) is 8.26. The van der Waals surface area contributed by atoms with Gasteiger partial charge in [-0.15, -0.1) is 0 Å². The van der Waals surface area contributed by atoms with Crippen LogP contribution in [0.3, 0.4) is 0 Å². The van der Waals surface area contributed by atoms with E-state index in [2.05, 4.69) is 34.2 Å². The van der Waals surface area contributed by atoms with E-state index in [-0.39, 0.29) is 0 Å². The minimum Gasteiger partial charge on any atom is -0.332 e. The Morgan fingerprint density at radius 2 is 2.33 bits per heavy atom. The zero-order valence-corrected chi connectivity index (χ0v) is 12.2. The van der Waals surface area contributed by atoms with E-state index in [1.807, 2.05) is 18.1 Å². The van der Waals surface area contributed by atoms with Crippen LogP contribution < -0.4 is 5.32 Å². The monoisotopic (exact) mass is 265 g/mol. The molecule has 18 heavy (non-hydrogen) atoms. The lowest BCUT2D eigenvalue weighted by molar-refractivity contribution is 0.328. The summed E-state index contributed by atoms with van der Waals surface area (Å²) in [7, 11) is 0. The van der Waals surface area contributed by atoms with Crippen LogP contribution in [-0.2, 0) is 6.54 Å². The molecule has 1 N–H and O–H groups in total. The lowest BCUT2D eigenvalue weighted by Crippen LogP contribution is -2.36. The molecule has 1 saturated carbocycles. The summed E-state index contributed by atoms with van der Waals surface area (Å²) in [5.41, 5.74) is 1.39. The number of piperidine rings is 1. The second-order valence-corrected chi connectivity index (χ2v) is 7.16. The molecule has 1 aliphatic carbocycles. The SMILES string of the molecule is CSC1(Cn2cncc2C2CCCC(C)N2)CC1. The van der Waals surface area contributed by atoms with Crippen molar-refractivity contribution in [1.29, 1.82) is 0 Å². The number of hydrogen-bond acceptors (Lipinski definition) is 3. The van der Waals surface area contributed by atoms with E-state index in [9.17, 15) is 0 Å². The summed E-state index contributed by atoms with van der Waals surface area (Å²) in [5, 5.41) is 3.72. The topological polar surface area (TPSA) is 29.9 Å². The molecule has 2 atom stereocenters. The zero-order valence-electron chi connectivity index (χ0n) is 11.4. The maximum atomic E-state index is 4.38. The standard InChI is InChI=1S/C14H23N3S/c1-11-4-3-5-12(16-11)13-8-15-10-17(13)9-14(18-2)6-7-14/h8,10-12,16H,3-7,9H2,1-2H3. The Balaban J connectivity index is 1.74. The van der Waals surface area contributed by atoms with Crippen molar-refractivity contribution in [3.63, 3.8) is 0 Å². The highest BCUT2D eigenvalue weighted by atomic mass is 32.2. The Labute approximate surface area is 114 Å². The van der Waals surface area contributed by atoms with Crippen molar-refractivity contribution >= 4 is 11.8 Å². The highest BCUT2D eigenvalue weighted by Gasteiger charge is 2.42. The third kappa shape index (κ3) is 2.45. The van der Waals surface area contributed by atoms with Gasteiger partial charge in [-0.3, -0.25) is 0 Å². The second-order valence-electron chi connectivity index (χ2n) is 5.88. The first-order valence-electron chi connectivity index (χ1n) is 7.04. The first kappa shape index (κ1) is 12.5. The van der Waals surface area contributed by atoms with Gasteiger partial charge in [-0.05, 0) is 45.3 Å². The van der Waals surface area contributed by atoms with Gasteiger partial charge in [0.05, 0.1) is 12.0 Å². The number of imidazole rings is 1. The molecule has 4 heteroatoms. The molecule has 0 amide bonds. The molecule has 0 aromatic carbocycles. The van der Waals surface area contributed by atoms with E-state index in [0.717, 1.165) is 6.54 Å². The van der Waals surface area contributed by atoms with E-state index < -0.39 is 0 Å². The van der Waals surface area contributed by atoms with Crippen LogP contribution in [0.4, 0.5) is 0 Å². The van der Waals surface area contributed by atoms with Gasteiger partial charge in [0.15, 0.2) is 0 Å². The normalized spacial score (nSPS) is 30.3. The van der Waals surface area contributed by atoms with E-state index in [4.69, 9.17) is 0 Å². The van der Waals surface area contributed by atoms with Gasteiger partial charge < -0.3 is 9.88 Å². The summed E-state index contributed by atoms with van der Waals surface area (Å²) in [4.78, 5) is 4.38. The molecule has 0 spiro atoms. The van der Waals surface area contributed by atoms with Gasteiger partial charge in [0.25, 0.3) is 0 Å². The van der Waals surface area contributed by atoms with E-state index >= 15 is 0 Å². The van der Waals surface area contributed by atoms with Gasteiger partial charge in [0, 0.05) is 29.6 Å². The van der Waals surface area contributed by atoms with Crippen LogP contribution in [0.15, 0.2) is 12.5 Å². The average molecular weight is 265 g/mol. The molecule has 3 nitrogen and oxygen atoms in total. The van der Waals surface area contributed by atoms with Crippen molar-refractivity contribution in [3.05, 3.63) is 18.2 Å². The van der Waals surface area contributed by atoms with Crippen molar-refractivity contribution in [2.45, 2.75) is 62.4 Å². The predicted molar refractivity (Wildman–Crippen MR) is 76.9 cm³/mol. The van der Waals surface area contributed by atoms with Crippen LogP contribution in [0.1, 0.15) is 50.8 Å². The number of nitrogens with zero attached hydrogens (tertiary/aromatic N) is 2. The first-order chi connectivity index (χ1) is 8.72. The molecule has 1 aliphatic heterocycles. The smallest absolute Gasteiger partial charge is 0.0949 e. The van der Waals surface area contributed by atoms with Crippen molar-refractivity contribution in [2.75, 3.05) is 6.26 Å². The number of nitrogens with one attached hydrogen (secondary N) is 1. The number of thioether (sulfide) groups is 1. The van der Waals surface area contributed by atoms with E-state index in [1.165, 1.54) is 37.8 Å². The molecule has 100 valence electrons. The Morgan fingerprint density at radius 3 is 3.00 bits per heavy atom. The minimum atomic E-state index is 0.508. The quantitative estimate of drug-likeness (QED) is 0.907. The third-order valence-corrected chi connectivity index (χ3v) is 5.82. The Bertz CT molecular complexity index is 411. The zero-order chi connectivity index (χ0) is 12.6. The van der Waals surface area contributed by atoms with Gasteiger partial charge in [0.1, 0.15) is 0 Å². The van der Waals surface area contributed by atoms with Crippen LogP contribution >= 0.6 is 11.8 Å². The average Bonchev–Trinajstić information content (AvgIpc) is 2.99. The van der Waals surface area contributed by atoms with Crippen molar-refractivity contribution in [2.24, 2.45) is 0 Å². The molecular weight excluding hydrogens is 242 g/mol. The van der Waals surface area contributed by atoms with Gasteiger partial charge >= 0.3 is 0 Å². The van der Waals surface area contributed by atoms with Gasteiger partial charge in [-0.25, -0.2) is 4.98 Å². The van der Waals surface area contributed by atoms with Crippen molar-refractivity contribution < 1.29 is 0 Å². The molecule has 0 bridgehead atoms. The fraction of sp³-hybridized carbons (Fsp3) is 0.786. The van der Waals surface area contributed by atoms with E-state index in [0.29, 0.717) is 16.8 Å². The maximum Gasteiger partial charge on any atom is 0.0949 e. The molecule has 1 aromatic heterocycles. The molecular formula is C14H23N3S. The second kappa shape index (κ2) is 4.89. The van der Waals surface area contributed by atoms with Gasteiger partial charge in [0.2, 0.25) is 0 Å². The van der Waals surface area contributed by atoms with Crippen LogP contribution in [0, 0.1) is 0 Å². The molecule has 1 saturated heterocycles. The summed E-state index contributed by atoms with van der Waals surface area (Å²) in [6, 6.07) is 1.15. The molecule has 2 aliphatic rings. The van der Waals surface area contributed by atoms with Crippen LogP contribution in [0.25, 0.3) is 0 Å². The molecule has 2 fully saturated rings. The van der Waals surface area contributed by atoms with Crippen LogP contribution in [-0.4, -0.2) is 26.6 Å². The lowest BCUT2D eigenvalue weighted by Gasteiger charge is -2.30. The minimum absolute atomic E-state index is 0.508. The summed E-state index contributed by atoms with van der Waals surface area (Å²) in [5.74, 6) is 0. The number of aromatic nitrogens is 2. The van der Waals surface area contributed by atoms with Crippen molar-refractivity contribution in [3.8, 4) is 0 Å². The Morgan fingerprint density at radius 1 is 1.50 bits per heavy atom. The van der Waals surface area contributed by atoms with E-state index in [1.54, 1.807) is 0 Å².